The first-order valence-corrected chi connectivity index (χ1v) is 7.55. The zero-order valence-electron chi connectivity index (χ0n) is 10.0. The summed E-state index contributed by atoms with van der Waals surface area (Å²) in [5.41, 5.74) is -0.186. The third-order valence-corrected chi connectivity index (χ3v) is 5.08. The average molecular weight is 280 g/mol. The Morgan fingerprint density at radius 2 is 2.12 bits per heavy atom. The van der Waals surface area contributed by atoms with Crippen LogP contribution >= 0.6 is 11.6 Å². The molecule has 1 rings (SSSR count). The maximum atomic E-state index is 11.9. The molecular formula is C10H18ClN3O2S. The van der Waals surface area contributed by atoms with Crippen molar-refractivity contribution < 1.29 is 8.42 Å². The average Bonchev–Trinajstić information content (AvgIpc) is 2.86. The van der Waals surface area contributed by atoms with E-state index in [0.29, 0.717) is 12.4 Å². The number of hydrogen-bond acceptors (Lipinski definition) is 3. The first kappa shape index (κ1) is 14.5. The van der Waals surface area contributed by atoms with E-state index in [4.69, 9.17) is 11.6 Å². The van der Waals surface area contributed by atoms with Gasteiger partial charge in [-0.15, -0.1) is 11.6 Å². The van der Waals surface area contributed by atoms with Crippen LogP contribution in [0.15, 0.2) is 17.6 Å². The van der Waals surface area contributed by atoms with Crippen molar-refractivity contribution in [3.63, 3.8) is 0 Å². The molecule has 0 fully saturated rings. The van der Waals surface area contributed by atoms with Crippen molar-refractivity contribution in [2.24, 2.45) is 5.41 Å². The van der Waals surface area contributed by atoms with Gasteiger partial charge in [0.2, 0.25) is 0 Å². The smallest absolute Gasteiger partial charge is 0.257 e. The molecule has 0 atom stereocenters. The van der Waals surface area contributed by atoms with E-state index >= 15 is 0 Å². The molecule has 0 spiro atoms. The lowest BCUT2D eigenvalue weighted by atomic mass is 9.85. The van der Waals surface area contributed by atoms with E-state index in [-0.39, 0.29) is 10.4 Å². The van der Waals surface area contributed by atoms with Crippen LogP contribution in [0, 0.1) is 5.41 Å². The lowest BCUT2D eigenvalue weighted by Gasteiger charge is -2.29. The summed E-state index contributed by atoms with van der Waals surface area (Å²) in [6, 6.07) is 0. The Kier molecular flexibility index (Phi) is 4.97. The number of aromatic amines is 1. The van der Waals surface area contributed by atoms with Crippen LogP contribution in [0.25, 0.3) is 0 Å². The Hall–Kier alpha value is -0.590. The van der Waals surface area contributed by atoms with Crippen LogP contribution in [0.3, 0.4) is 0 Å². The van der Waals surface area contributed by atoms with Gasteiger partial charge in [-0.1, -0.05) is 13.8 Å². The van der Waals surface area contributed by atoms with E-state index in [1.165, 1.54) is 12.5 Å². The van der Waals surface area contributed by atoms with Gasteiger partial charge in [-0.05, 0) is 18.3 Å². The highest BCUT2D eigenvalue weighted by Gasteiger charge is 2.28. The van der Waals surface area contributed by atoms with Gasteiger partial charge in [-0.25, -0.2) is 18.1 Å². The fraction of sp³-hybridized carbons (Fsp3) is 0.700. The summed E-state index contributed by atoms with van der Waals surface area (Å²) in [5, 5.41) is 0.0770. The van der Waals surface area contributed by atoms with Crippen molar-refractivity contribution in [2.75, 3.05) is 12.4 Å². The molecule has 0 amide bonds. The highest BCUT2D eigenvalue weighted by molar-refractivity contribution is 7.89. The van der Waals surface area contributed by atoms with Crippen molar-refractivity contribution in [3.05, 3.63) is 12.5 Å². The number of sulfonamides is 1. The normalized spacial score (nSPS) is 12.9. The quantitative estimate of drug-likeness (QED) is 0.747. The standard InChI is InChI=1S/C10H18ClN3O2S/c1-3-10(4-2,6-11)7-14-17(15,16)9-5-12-8-13-9/h5,8,14H,3-4,6-7H2,1-2H3,(H,12,13). The van der Waals surface area contributed by atoms with Gasteiger partial charge in [0.05, 0.1) is 12.5 Å². The lowest BCUT2D eigenvalue weighted by Crippen LogP contribution is -2.38. The topological polar surface area (TPSA) is 74.8 Å². The summed E-state index contributed by atoms with van der Waals surface area (Å²) >= 11 is 5.92. The maximum Gasteiger partial charge on any atom is 0.257 e. The second kappa shape index (κ2) is 5.84. The van der Waals surface area contributed by atoms with Crippen molar-refractivity contribution in [2.45, 2.75) is 31.7 Å². The number of hydrogen-bond donors (Lipinski definition) is 2. The molecule has 0 saturated heterocycles. The molecule has 5 nitrogen and oxygen atoms in total. The number of nitrogens with zero attached hydrogens (tertiary/aromatic N) is 1. The third-order valence-electron chi connectivity index (χ3n) is 3.18. The van der Waals surface area contributed by atoms with E-state index in [1.54, 1.807) is 0 Å². The van der Waals surface area contributed by atoms with Crippen LogP contribution in [0.1, 0.15) is 26.7 Å². The lowest BCUT2D eigenvalue weighted by molar-refractivity contribution is 0.304. The second-order valence-electron chi connectivity index (χ2n) is 4.08. The SMILES string of the molecule is CCC(CC)(CCl)CNS(=O)(=O)c1cnc[nH]1. The van der Waals surface area contributed by atoms with Gasteiger partial charge in [0.25, 0.3) is 10.0 Å². The van der Waals surface area contributed by atoms with E-state index in [1.807, 2.05) is 13.8 Å². The van der Waals surface area contributed by atoms with Crippen molar-refractivity contribution >= 4 is 21.6 Å². The molecular weight excluding hydrogens is 262 g/mol. The van der Waals surface area contributed by atoms with Crippen molar-refractivity contribution in [1.82, 2.24) is 14.7 Å². The molecule has 1 aromatic heterocycles. The predicted molar refractivity (Wildman–Crippen MR) is 67.5 cm³/mol. The molecule has 0 unspecified atom stereocenters. The summed E-state index contributed by atoms with van der Waals surface area (Å²) in [4.78, 5) is 6.27. The number of imidazole rings is 1. The van der Waals surface area contributed by atoms with Crippen LogP contribution in [0.2, 0.25) is 0 Å². The van der Waals surface area contributed by atoms with E-state index < -0.39 is 10.0 Å². The number of H-pyrrole nitrogens is 1. The molecule has 7 heteroatoms. The van der Waals surface area contributed by atoms with Crippen LogP contribution in [0.5, 0.6) is 0 Å². The van der Waals surface area contributed by atoms with Crippen LogP contribution in [-0.4, -0.2) is 30.8 Å². The van der Waals surface area contributed by atoms with E-state index in [9.17, 15) is 8.42 Å². The predicted octanol–water partition coefficient (Wildman–Crippen LogP) is 1.73. The summed E-state index contributed by atoms with van der Waals surface area (Å²) in [6.07, 6.45) is 4.28. The molecule has 0 bridgehead atoms. The molecule has 0 saturated carbocycles. The van der Waals surface area contributed by atoms with Crippen molar-refractivity contribution in [3.8, 4) is 0 Å². The molecule has 0 aliphatic heterocycles. The highest BCUT2D eigenvalue weighted by atomic mass is 35.5. The fourth-order valence-electron chi connectivity index (χ4n) is 1.45. The van der Waals surface area contributed by atoms with Crippen molar-refractivity contribution in [1.29, 1.82) is 0 Å². The van der Waals surface area contributed by atoms with Gasteiger partial charge >= 0.3 is 0 Å². The molecule has 0 aliphatic carbocycles. The van der Waals surface area contributed by atoms with E-state index in [2.05, 4.69) is 14.7 Å². The van der Waals surface area contributed by atoms with Crippen LogP contribution in [0.4, 0.5) is 0 Å². The Morgan fingerprint density at radius 3 is 2.53 bits per heavy atom. The Balaban J connectivity index is 2.73. The highest BCUT2D eigenvalue weighted by Crippen LogP contribution is 2.27. The Labute approximate surface area is 107 Å². The van der Waals surface area contributed by atoms with Gasteiger partial charge in [0.15, 0.2) is 5.03 Å². The van der Waals surface area contributed by atoms with Crippen LogP contribution < -0.4 is 4.72 Å². The van der Waals surface area contributed by atoms with Gasteiger partial charge in [0.1, 0.15) is 0 Å². The van der Waals surface area contributed by atoms with E-state index in [0.717, 1.165) is 12.8 Å². The number of halogens is 1. The minimum atomic E-state index is -3.51. The number of rotatable bonds is 7. The second-order valence-corrected chi connectivity index (χ2v) is 6.08. The fourth-order valence-corrected chi connectivity index (χ4v) is 2.98. The maximum absolute atomic E-state index is 11.9. The van der Waals surface area contributed by atoms with Gasteiger partial charge in [-0.2, -0.15) is 0 Å². The summed E-state index contributed by atoms with van der Waals surface area (Å²) in [6.45, 7) is 4.36. The molecule has 1 aromatic rings. The largest absolute Gasteiger partial charge is 0.335 e. The molecule has 98 valence electrons. The summed E-state index contributed by atoms with van der Waals surface area (Å²) in [5.74, 6) is 0.436. The van der Waals surface area contributed by atoms with Gasteiger partial charge < -0.3 is 4.98 Å². The first-order chi connectivity index (χ1) is 7.99. The minimum absolute atomic E-state index is 0.0770. The number of aromatic nitrogens is 2. The minimum Gasteiger partial charge on any atom is -0.335 e. The molecule has 17 heavy (non-hydrogen) atoms. The van der Waals surface area contributed by atoms with Gasteiger partial charge in [-0.3, -0.25) is 0 Å². The number of nitrogens with one attached hydrogen (secondary N) is 2. The van der Waals surface area contributed by atoms with Crippen LogP contribution in [-0.2, 0) is 10.0 Å². The summed E-state index contributed by atoms with van der Waals surface area (Å²) in [7, 11) is -3.51. The number of alkyl halides is 1. The molecule has 0 aromatic carbocycles. The monoisotopic (exact) mass is 279 g/mol. The first-order valence-electron chi connectivity index (χ1n) is 5.53. The third kappa shape index (κ3) is 3.43. The zero-order chi connectivity index (χ0) is 12.9. The van der Waals surface area contributed by atoms with Gasteiger partial charge in [0, 0.05) is 12.4 Å². The molecule has 0 aliphatic rings. The zero-order valence-corrected chi connectivity index (χ0v) is 11.6. The summed E-state index contributed by atoms with van der Waals surface area (Å²) < 4.78 is 26.3. The molecule has 2 N–H and O–H groups in total. The molecule has 0 radical (unpaired) electrons. The Bertz CT molecular complexity index is 418. The Morgan fingerprint density at radius 1 is 1.47 bits per heavy atom. The molecule has 1 heterocycles.